The summed E-state index contributed by atoms with van der Waals surface area (Å²) in [4.78, 5) is 11.9. The Hall–Kier alpha value is -2.04. The fourth-order valence-electron chi connectivity index (χ4n) is 1.81. The van der Waals surface area contributed by atoms with Crippen molar-refractivity contribution in [3.63, 3.8) is 0 Å². The Bertz CT molecular complexity index is 605. The smallest absolute Gasteiger partial charge is 0.171 e. The van der Waals surface area contributed by atoms with Crippen molar-refractivity contribution >= 4 is 5.78 Å². The number of aryl methyl sites for hydroxylation is 2. The lowest BCUT2D eigenvalue weighted by Crippen LogP contribution is -2.09. The lowest BCUT2D eigenvalue weighted by Gasteiger charge is -2.03. The summed E-state index contributed by atoms with van der Waals surface area (Å²) >= 11 is 0. The van der Waals surface area contributed by atoms with Crippen LogP contribution in [0, 0.1) is 18.6 Å². The van der Waals surface area contributed by atoms with E-state index in [1.165, 1.54) is 0 Å². The van der Waals surface area contributed by atoms with Crippen LogP contribution in [0.3, 0.4) is 0 Å². The van der Waals surface area contributed by atoms with Gasteiger partial charge in [0.25, 0.3) is 0 Å². The lowest BCUT2D eigenvalue weighted by molar-refractivity contribution is 0.0987. The summed E-state index contributed by atoms with van der Waals surface area (Å²) in [6, 6.07) is 4.71. The van der Waals surface area contributed by atoms with Gasteiger partial charge >= 0.3 is 0 Å². The summed E-state index contributed by atoms with van der Waals surface area (Å²) in [5, 5.41) is 4.11. The van der Waals surface area contributed by atoms with Crippen molar-refractivity contribution in [2.24, 2.45) is 7.05 Å². The van der Waals surface area contributed by atoms with E-state index in [4.69, 9.17) is 0 Å². The Kier molecular flexibility index (Phi) is 3.23. The Balaban J connectivity index is 2.24. The van der Waals surface area contributed by atoms with Gasteiger partial charge in [0.1, 0.15) is 11.6 Å². The normalized spacial score (nSPS) is 10.7. The van der Waals surface area contributed by atoms with Crippen LogP contribution >= 0.6 is 0 Å². The molecule has 0 atom stereocenters. The molecule has 0 bridgehead atoms. The molecule has 0 aliphatic carbocycles. The first-order valence-corrected chi connectivity index (χ1v) is 5.45. The zero-order chi connectivity index (χ0) is 13.3. The van der Waals surface area contributed by atoms with Gasteiger partial charge in [0.05, 0.1) is 17.7 Å². The number of rotatable bonds is 3. The van der Waals surface area contributed by atoms with Crippen LogP contribution in [0.2, 0.25) is 0 Å². The Morgan fingerprint density at radius 2 is 2.06 bits per heavy atom. The predicted molar refractivity (Wildman–Crippen MR) is 62.3 cm³/mol. The van der Waals surface area contributed by atoms with Crippen molar-refractivity contribution in [1.29, 1.82) is 0 Å². The highest BCUT2D eigenvalue weighted by Gasteiger charge is 2.15. The number of Topliss-reactive ketones (excluding diaryl/α,β-unsaturated/α-hetero) is 1. The molecule has 0 radical (unpaired) electrons. The zero-order valence-corrected chi connectivity index (χ0v) is 10.1. The van der Waals surface area contributed by atoms with Crippen LogP contribution in [-0.4, -0.2) is 15.6 Å². The Morgan fingerprint density at radius 3 is 2.61 bits per heavy atom. The number of hydrogen-bond acceptors (Lipinski definition) is 2. The second-order valence-electron chi connectivity index (χ2n) is 4.12. The first kappa shape index (κ1) is 12.4. The SMILES string of the molecule is Cc1cc(CC(=O)c2ccc(F)cc2F)n(C)n1. The van der Waals surface area contributed by atoms with Gasteiger partial charge in [-0.3, -0.25) is 9.48 Å². The summed E-state index contributed by atoms with van der Waals surface area (Å²) < 4.78 is 27.7. The van der Waals surface area contributed by atoms with Gasteiger partial charge in [0.2, 0.25) is 0 Å². The minimum atomic E-state index is -0.834. The van der Waals surface area contributed by atoms with Crippen molar-refractivity contribution in [3.05, 3.63) is 52.9 Å². The number of ketones is 1. The van der Waals surface area contributed by atoms with Crippen molar-refractivity contribution in [3.8, 4) is 0 Å². The molecule has 3 nitrogen and oxygen atoms in total. The van der Waals surface area contributed by atoms with Crippen LogP contribution < -0.4 is 0 Å². The number of benzene rings is 1. The summed E-state index contributed by atoms with van der Waals surface area (Å²) in [6.07, 6.45) is 0.0416. The van der Waals surface area contributed by atoms with E-state index >= 15 is 0 Å². The third-order valence-electron chi connectivity index (χ3n) is 2.67. The topological polar surface area (TPSA) is 34.9 Å². The molecule has 0 N–H and O–H groups in total. The molecule has 0 saturated carbocycles. The number of nitrogens with zero attached hydrogens (tertiary/aromatic N) is 2. The van der Waals surface area contributed by atoms with E-state index in [0.717, 1.165) is 17.8 Å². The minimum absolute atomic E-state index is 0.0416. The van der Waals surface area contributed by atoms with Gasteiger partial charge in [-0.2, -0.15) is 5.10 Å². The van der Waals surface area contributed by atoms with E-state index in [-0.39, 0.29) is 12.0 Å². The van der Waals surface area contributed by atoms with Crippen molar-refractivity contribution in [1.82, 2.24) is 9.78 Å². The van der Waals surface area contributed by atoms with Crippen LogP contribution in [0.15, 0.2) is 24.3 Å². The van der Waals surface area contributed by atoms with Crippen LogP contribution in [0.25, 0.3) is 0 Å². The van der Waals surface area contributed by atoms with Gasteiger partial charge in [-0.15, -0.1) is 0 Å². The van der Waals surface area contributed by atoms with Crippen LogP contribution in [0.1, 0.15) is 21.7 Å². The summed E-state index contributed by atoms with van der Waals surface area (Å²) in [5.41, 5.74) is 1.39. The maximum Gasteiger partial charge on any atom is 0.171 e. The summed E-state index contributed by atoms with van der Waals surface area (Å²) in [6.45, 7) is 1.81. The van der Waals surface area contributed by atoms with Gasteiger partial charge in [0, 0.05) is 18.8 Å². The molecular formula is C13H12F2N2O. The van der Waals surface area contributed by atoms with Crippen LogP contribution in [0.5, 0.6) is 0 Å². The van der Waals surface area contributed by atoms with E-state index < -0.39 is 17.4 Å². The number of carbonyl (C=O) groups is 1. The quantitative estimate of drug-likeness (QED) is 0.784. The monoisotopic (exact) mass is 250 g/mol. The van der Waals surface area contributed by atoms with E-state index in [9.17, 15) is 13.6 Å². The molecule has 18 heavy (non-hydrogen) atoms. The molecule has 1 heterocycles. The number of halogens is 2. The maximum absolute atomic E-state index is 13.4. The highest BCUT2D eigenvalue weighted by Crippen LogP contribution is 2.13. The molecule has 1 aromatic carbocycles. The second kappa shape index (κ2) is 4.68. The molecule has 0 aliphatic rings. The van der Waals surface area contributed by atoms with E-state index in [1.54, 1.807) is 17.8 Å². The highest BCUT2D eigenvalue weighted by atomic mass is 19.1. The standard InChI is InChI=1S/C13H12F2N2O/c1-8-5-10(17(2)16-8)7-13(18)11-4-3-9(14)6-12(11)15/h3-6H,7H2,1-2H3. The summed E-state index contributed by atoms with van der Waals surface area (Å²) in [7, 11) is 1.72. The average Bonchev–Trinajstić information content (AvgIpc) is 2.57. The zero-order valence-electron chi connectivity index (χ0n) is 10.1. The van der Waals surface area contributed by atoms with Crippen molar-refractivity contribution < 1.29 is 13.6 Å². The van der Waals surface area contributed by atoms with Gasteiger partial charge in [-0.1, -0.05) is 0 Å². The van der Waals surface area contributed by atoms with Crippen molar-refractivity contribution in [2.45, 2.75) is 13.3 Å². The molecular weight excluding hydrogens is 238 g/mol. The van der Waals surface area contributed by atoms with Crippen LogP contribution in [-0.2, 0) is 13.5 Å². The molecule has 2 rings (SSSR count). The van der Waals surface area contributed by atoms with Gasteiger partial charge in [0.15, 0.2) is 5.78 Å². The third kappa shape index (κ3) is 2.45. The van der Waals surface area contributed by atoms with Crippen LogP contribution in [0.4, 0.5) is 8.78 Å². The van der Waals surface area contributed by atoms with E-state index in [1.807, 2.05) is 6.92 Å². The first-order valence-electron chi connectivity index (χ1n) is 5.45. The average molecular weight is 250 g/mol. The lowest BCUT2D eigenvalue weighted by atomic mass is 10.1. The van der Waals surface area contributed by atoms with Gasteiger partial charge < -0.3 is 0 Å². The fraction of sp³-hybridized carbons (Fsp3) is 0.231. The molecule has 0 amide bonds. The third-order valence-corrected chi connectivity index (χ3v) is 2.67. The number of aromatic nitrogens is 2. The number of hydrogen-bond donors (Lipinski definition) is 0. The molecule has 5 heteroatoms. The minimum Gasteiger partial charge on any atom is -0.294 e. The highest BCUT2D eigenvalue weighted by molar-refractivity contribution is 5.97. The molecule has 0 unspecified atom stereocenters. The molecule has 94 valence electrons. The predicted octanol–water partition coefficient (Wildman–Crippen LogP) is 2.43. The van der Waals surface area contributed by atoms with Crippen molar-refractivity contribution in [2.75, 3.05) is 0 Å². The largest absolute Gasteiger partial charge is 0.294 e. The molecule has 0 spiro atoms. The molecule has 2 aromatic rings. The summed E-state index contributed by atoms with van der Waals surface area (Å²) in [5.74, 6) is -1.92. The van der Waals surface area contributed by atoms with Gasteiger partial charge in [-0.05, 0) is 25.1 Å². The molecule has 0 fully saturated rings. The molecule has 0 saturated heterocycles. The molecule has 1 aromatic heterocycles. The number of carbonyl (C=O) groups excluding carboxylic acids is 1. The maximum atomic E-state index is 13.4. The Morgan fingerprint density at radius 1 is 1.33 bits per heavy atom. The van der Waals surface area contributed by atoms with Gasteiger partial charge in [-0.25, -0.2) is 8.78 Å². The second-order valence-corrected chi connectivity index (χ2v) is 4.12. The Labute approximate surface area is 103 Å². The molecule has 0 aliphatic heterocycles. The van der Waals surface area contributed by atoms with E-state index in [0.29, 0.717) is 11.8 Å². The fourth-order valence-corrected chi connectivity index (χ4v) is 1.81. The van der Waals surface area contributed by atoms with E-state index in [2.05, 4.69) is 5.10 Å². The first-order chi connectivity index (χ1) is 8.47.